The number of fused-ring (bicyclic) bond motifs is 1. The summed E-state index contributed by atoms with van der Waals surface area (Å²) in [4.78, 5) is 45.9. The first-order chi connectivity index (χ1) is 15.2. The molecule has 7 nitrogen and oxygen atoms in total. The highest BCUT2D eigenvalue weighted by atomic mass is 35.5. The molecule has 1 saturated heterocycles. The van der Waals surface area contributed by atoms with Crippen LogP contribution in [0.4, 0.5) is 5.69 Å². The highest BCUT2D eigenvalue weighted by Crippen LogP contribution is 2.29. The normalized spacial score (nSPS) is 14.7. The zero-order chi connectivity index (χ0) is 23.0. The van der Waals surface area contributed by atoms with E-state index >= 15 is 0 Å². The molecule has 0 aliphatic carbocycles. The van der Waals surface area contributed by atoms with Crippen molar-refractivity contribution < 1.29 is 9.59 Å². The van der Waals surface area contributed by atoms with E-state index in [-0.39, 0.29) is 23.9 Å². The Bertz CT molecular complexity index is 1260. The van der Waals surface area contributed by atoms with Gasteiger partial charge in [0.25, 0.3) is 11.5 Å². The first-order valence-corrected chi connectivity index (χ1v) is 11.8. The van der Waals surface area contributed by atoms with Gasteiger partial charge in [-0.25, -0.2) is 4.98 Å². The number of carbonyl (C=O) groups excluding carboxylic acids is 2. The minimum absolute atomic E-state index is 0.0441. The van der Waals surface area contributed by atoms with Gasteiger partial charge in [-0.3, -0.25) is 19.0 Å². The van der Waals surface area contributed by atoms with Crippen LogP contribution in [0.15, 0.2) is 29.3 Å². The third-order valence-electron chi connectivity index (χ3n) is 5.95. The molecule has 2 amide bonds. The van der Waals surface area contributed by atoms with Crippen molar-refractivity contribution in [1.82, 2.24) is 14.5 Å². The third-order valence-corrected chi connectivity index (χ3v) is 7.55. The number of hydrogen-bond acceptors (Lipinski definition) is 5. The molecule has 0 radical (unpaired) electrons. The van der Waals surface area contributed by atoms with E-state index in [1.165, 1.54) is 22.2 Å². The molecule has 3 heterocycles. The Morgan fingerprint density at radius 1 is 1.25 bits per heavy atom. The molecule has 0 unspecified atom stereocenters. The molecule has 0 spiro atoms. The first-order valence-electron chi connectivity index (χ1n) is 10.6. The molecule has 168 valence electrons. The molecule has 0 atom stereocenters. The summed E-state index contributed by atoms with van der Waals surface area (Å²) in [6.45, 7) is 7.13. The van der Waals surface area contributed by atoms with E-state index in [9.17, 15) is 14.4 Å². The fourth-order valence-electron chi connectivity index (χ4n) is 3.86. The number of nitrogens with zero attached hydrogens (tertiary/aromatic N) is 3. The zero-order valence-electron chi connectivity index (χ0n) is 18.3. The van der Waals surface area contributed by atoms with Gasteiger partial charge in [0.1, 0.15) is 11.4 Å². The van der Waals surface area contributed by atoms with Gasteiger partial charge in [-0.15, -0.1) is 11.3 Å². The van der Waals surface area contributed by atoms with Crippen LogP contribution in [0.5, 0.6) is 0 Å². The molecule has 0 saturated carbocycles. The molecule has 1 aliphatic rings. The van der Waals surface area contributed by atoms with Gasteiger partial charge in [0.05, 0.1) is 16.6 Å². The van der Waals surface area contributed by atoms with Crippen LogP contribution in [0, 0.1) is 19.8 Å². The number of nitrogens with one attached hydrogen (secondary N) is 1. The predicted octanol–water partition coefficient (Wildman–Crippen LogP) is 4.24. The molecule has 1 fully saturated rings. The number of carbonyl (C=O) groups is 2. The lowest BCUT2D eigenvalue weighted by molar-refractivity contribution is -0.116. The Balaban J connectivity index is 1.56. The maximum Gasteiger partial charge on any atom is 0.264 e. The lowest BCUT2D eigenvalue weighted by atomic mass is 9.99. The lowest BCUT2D eigenvalue weighted by Crippen LogP contribution is -2.37. The second-order valence-corrected chi connectivity index (χ2v) is 9.81. The van der Waals surface area contributed by atoms with Crippen LogP contribution < -0.4 is 10.9 Å². The smallest absolute Gasteiger partial charge is 0.264 e. The van der Waals surface area contributed by atoms with Crippen molar-refractivity contribution in [3.63, 3.8) is 0 Å². The zero-order valence-corrected chi connectivity index (χ0v) is 19.8. The molecular weight excluding hydrogens is 448 g/mol. The maximum atomic E-state index is 13.1. The molecule has 2 aromatic heterocycles. The predicted molar refractivity (Wildman–Crippen MR) is 128 cm³/mol. The molecule has 1 N–H and O–H groups in total. The van der Waals surface area contributed by atoms with Crippen LogP contribution >= 0.6 is 22.9 Å². The average Bonchev–Trinajstić information content (AvgIpc) is 3.10. The number of halogens is 1. The number of piperidine rings is 1. The highest BCUT2D eigenvalue weighted by Gasteiger charge is 2.26. The quantitative estimate of drug-likeness (QED) is 0.615. The van der Waals surface area contributed by atoms with E-state index in [1.807, 2.05) is 17.9 Å². The number of likely N-dealkylation sites (tertiary alicyclic amines) is 1. The fraction of sp³-hybridized carbons (Fsp3) is 0.391. The van der Waals surface area contributed by atoms with Gasteiger partial charge in [-0.05, 0) is 55.9 Å². The number of amides is 2. The van der Waals surface area contributed by atoms with Gasteiger partial charge >= 0.3 is 0 Å². The molecule has 32 heavy (non-hydrogen) atoms. The molecular formula is C23H25ClN4O3S. The molecule has 3 aromatic rings. The topological polar surface area (TPSA) is 84.3 Å². The Morgan fingerprint density at radius 3 is 2.66 bits per heavy atom. The maximum absolute atomic E-state index is 13.1. The van der Waals surface area contributed by atoms with Crippen LogP contribution in [0.3, 0.4) is 0 Å². The fourth-order valence-corrected chi connectivity index (χ4v) is 5.14. The van der Waals surface area contributed by atoms with Crippen molar-refractivity contribution in [2.45, 2.75) is 40.2 Å². The average molecular weight is 473 g/mol. The van der Waals surface area contributed by atoms with Gasteiger partial charge in [0.15, 0.2) is 0 Å². The van der Waals surface area contributed by atoms with E-state index in [0.717, 1.165) is 31.5 Å². The van der Waals surface area contributed by atoms with Crippen molar-refractivity contribution in [1.29, 1.82) is 0 Å². The number of rotatable bonds is 4. The van der Waals surface area contributed by atoms with Crippen LogP contribution in [-0.4, -0.2) is 39.4 Å². The van der Waals surface area contributed by atoms with Crippen LogP contribution in [0.2, 0.25) is 5.02 Å². The Morgan fingerprint density at radius 2 is 1.97 bits per heavy atom. The van der Waals surface area contributed by atoms with Crippen LogP contribution in [-0.2, 0) is 11.3 Å². The summed E-state index contributed by atoms with van der Waals surface area (Å²) in [5.41, 5.74) is 1.77. The number of thiophene rings is 1. The summed E-state index contributed by atoms with van der Waals surface area (Å²) in [5, 5.41) is 3.70. The van der Waals surface area contributed by atoms with Gasteiger partial charge in [-0.1, -0.05) is 24.6 Å². The number of anilines is 1. The van der Waals surface area contributed by atoms with Crippen molar-refractivity contribution in [3.05, 3.63) is 55.9 Å². The van der Waals surface area contributed by atoms with Crippen molar-refractivity contribution in [2.75, 3.05) is 18.4 Å². The van der Waals surface area contributed by atoms with E-state index in [4.69, 9.17) is 11.6 Å². The van der Waals surface area contributed by atoms with Crippen LogP contribution in [0.25, 0.3) is 10.2 Å². The van der Waals surface area contributed by atoms with Crippen molar-refractivity contribution in [3.8, 4) is 0 Å². The van der Waals surface area contributed by atoms with Crippen molar-refractivity contribution >= 4 is 50.7 Å². The number of aryl methyl sites for hydroxylation is 2. The van der Waals surface area contributed by atoms with E-state index in [2.05, 4.69) is 17.2 Å². The Labute approximate surface area is 195 Å². The standard InChI is InChI=1S/C23H25ClN4O3S/c1-13-6-8-27(9-7-13)23(31)20-15(3)19-21(32-20)25-12-28(22(19)30)11-18(29)26-16-5-4-14(2)17(24)10-16/h4-5,10,12-13H,6-9,11H2,1-3H3,(H,26,29). The summed E-state index contributed by atoms with van der Waals surface area (Å²) >= 11 is 7.35. The highest BCUT2D eigenvalue weighted by molar-refractivity contribution is 7.20. The van der Waals surface area contributed by atoms with Gasteiger partial charge in [0.2, 0.25) is 5.91 Å². The van der Waals surface area contributed by atoms with E-state index < -0.39 is 0 Å². The van der Waals surface area contributed by atoms with Gasteiger partial charge in [0, 0.05) is 23.8 Å². The molecule has 4 rings (SSSR count). The first kappa shape index (κ1) is 22.5. The molecule has 9 heteroatoms. The second kappa shape index (κ2) is 9.03. The third kappa shape index (κ3) is 4.42. The summed E-state index contributed by atoms with van der Waals surface area (Å²) in [6, 6.07) is 5.24. The SMILES string of the molecule is Cc1ccc(NC(=O)Cn2cnc3sc(C(=O)N4CCC(C)CC4)c(C)c3c2=O)cc1Cl. The van der Waals surface area contributed by atoms with Gasteiger partial charge in [-0.2, -0.15) is 0 Å². The molecule has 1 aromatic carbocycles. The van der Waals surface area contributed by atoms with E-state index in [0.29, 0.717) is 37.3 Å². The number of aromatic nitrogens is 2. The lowest BCUT2D eigenvalue weighted by Gasteiger charge is -2.30. The molecule has 1 aliphatic heterocycles. The second-order valence-electron chi connectivity index (χ2n) is 8.40. The number of benzene rings is 1. The summed E-state index contributed by atoms with van der Waals surface area (Å²) in [6.07, 6.45) is 3.34. The summed E-state index contributed by atoms with van der Waals surface area (Å²) in [5.74, 6) is 0.218. The summed E-state index contributed by atoms with van der Waals surface area (Å²) < 4.78 is 1.27. The Hall–Kier alpha value is -2.71. The Kier molecular flexibility index (Phi) is 6.35. The van der Waals surface area contributed by atoms with Crippen LogP contribution in [0.1, 0.15) is 40.6 Å². The monoisotopic (exact) mass is 472 g/mol. The van der Waals surface area contributed by atoms with Crippen molar-refractivity contribution in [2.24, 2.45) is 5.92 Å². The summed E-state index contributed by atoms with van der Waals surface area (Å²) in [7, 11) is 0. The van der Waals surface area contributed by atoms with Gasteiger partial charge < -0.3 is 10.2 Å². The minimum Gasteiger partial charge on any atom is -0.338 e. The van der Waals surface area contributed by atoms with E-state index in [1.54, 1.807) is 19.1 Å². The number of hydrogen-bond donors (Lipinski definition) is 1. The molecule has 0 bridgehead atoms. The largest absolute Gasteiger partial charge is 0.338 e. The minimum atomic E-state index is -0.361.